The van der Waals surface area contributed by atoms with Gasteiger partial charge in [-0.2, -0.15) is 0 Å². The van der Waals surface area contributed by atoms with E-state index in [-0.39, 0.29) is 47.6 Å². The number of imidazole rings is 2. The van der Waals surface area contributed by atoms with Crippen molar-refractivity contribution < 1.29 is 28.7 Å². The van der Waals surface area contributed by atoms with Gasteiger partial charge in [0.1, 0.15) is 23.7 Å². The lowest BCUT2D eigenvalue weighted by Gasteiger charge is -2.30. The molecule has 0 unspecified atom stereocenters. The molecule has 4 N–H and O–H groups in total. The summed E-state index contributed by atoms with van der Waals surface area (Å²) in [6.07, 6.45) is 11.6. The first kappa shape index (κ1) is 46.2. The van der Waals surface area contributed by atoms with Crippen molar-refractivity contribution in [3.8, 4) is 22.4 Å². The molecule has 2 aliphatic heterocycles. The number of hydrogen-bond donors (Lipinski definition) is 4. The first-order valence-electron chi connectivity index (χ1n) is 25.1. The van der Waals surface area contributed by atoms with E-state index in [1.807, 2.05) is 60.2 Å². The van der Waals surface area contributed by atoms with Gasteiger partial charge in [-0.1, -0.05) is 106 Å². The lowest BCUT2D eigenvalue weighted by atomic mass is 9.90. The Hall–Kier alpha value is -6.54. The summed E-state index contributed by atoms with van der Waals surface area (Å²) in [6.45, 7) is 6.30. The molecule has 4 fully saturated rings. The van der Waals surface area contributed by atoms with Crippen molar-refractivity contribution in [2.45, 2.75) is 102 Å². The number of nitrogens with one attached hydrogen (secondary N) is 4. The molecule has 360 valence electrons. The molecule has 4 aromatic carbocycles. The predicted molar refractivity (Wildman–Crippen MR) is 264 cm³/mol. The van der Waals surface area contributed by atoms with Crippen LogP contribution in [0, 0.1) is 23.7 Å². The Balaban J connectivity index is 0.848. The molecule has 2 aromatic heterocycles. The number of aromatic amines is 2. The Labute approximate surface area is 403 Å². The van der Waals surface area contributed by atoms with Crippen molar-refractivity contribution in [1.82, 2.24) is 40.4 Å². The summed E-state index contributed by atoms with van der Waals surface area (Å²) in [7, 11) is 1.31. The Bertz CT molecular complexity index is 2790. The number of ether oxygens (including phenoxy) is 2. The number of methoxy groups -OCH3 is 1. The van der Waals surface area contributed by atoms with E-state index in [9.17, 15) is 19.2 Å². The second-order valence-corrected chi connectivity index (χ2v) is 20.1. The third-order valence-electron chi connectivity index (χ3n) is 14.9. The lowest BCUT2D eigenvalue weighted by Crippen LogP contribution is -2.51. The molecule has 5 atom stereocenters. The fourth-order valence-electron chi connectivity index (χ4n) is 10.9. The van der Waals surface area contributed by atoms with Crippen molar-refractivity contribution in [2.75, 3.05) is 33.4 Å². The average Bonchev–Trinajstić information content (AvgIpc) is 3.73. The molecule has 69 heavy (non-hydrogen) atoms. The van der Waals surface area contributed by atoms with Crippen LogP contribution >= 0.6 is 0 Å². The molecule has 14 nitrogen and oxygen atoms in total. The van der Waals surface area contributed by atoms with Crippen molar-refractivity contribution in [2.24, 2.45) is 23.7 Å². The summed E-state index contributed by atoms with van der Waals surface area (Å²) in [5.74, 6) is 1.72. The molecule has 0 bridgehead atoms. The summed E-state index contributed by atoms with van der Waals surface area (Å²) in [6, 6.07) is 26.5. The Morgan fingerprint density at radius 1 is 0.739 bits per heavy atom. The van der Waals surface area contributed by atoms with Gasteiger partial charge in [-0.3, -0.25) is 14.4 Å². The van der Waals surface area contributed by atoms with E-state index in [1.165, 1.54) is 39.2 Å². The number of aromatic nitrogens is 4. The molecule has 2 saturated heterocycles. The fourth-order valence-corrected chi connectivity index (χ4v) is 10.9. The molecule has 4 amide bonds. The topological polar surface area (TPSA) is 175 Å². The number of alkyl carbamates (subject to hydrolysis) is 1. The normalized spacial score (nSPS) is 20.7. The van der Waals surface area contributed by atoms with Gasteiger partial charge in [0.05, 0.1) is 48.7 Å². The minimum absolute atomic E-state index is 0.00561. The van der Waals surface area contributed by atoms with Crippen LogP contribution in [0.25, 0.3) is 44.2 Å². The molecule has 14 heteroatoms. The van der Waals surface area contributed by atoms with Crippen molar-refractivity contribution in [3.63, 3.8) is 0 Å². The number of H-pyrrole nitrogens is 2. The van der Waals surface area contributed by atoms with Gasteiger partial charge in [-0.15, -0.1) is 0 Å². The van der Waals surface area contributed by atoms with Gasteiger partial charge >= 0.3 is 6.09 Å². The van der Waals surface area contributed by atoms with Gasteiger partial charge in [0, 0.05) is 36.9 Å². The number of carbonyl (C=O) groups excluding carboxylic acids is 4. The maximum Gasteiger partial charge on any atom is 0.407 e. The summed E-state index contributed by atoms with van der Waals surface area (Å²) < 4.78 is 11.2. The number of amides is 4. The zero-order valence-electron chi connectivity index (χ0n) is 39.9. The van der Waals surface area contributed by atoms with Crippen LogP contribution < -0.4 is 10.6 Å². The molecule has 4 aliphatic rings. The van der Waals surface area contributed by atoms with Crippen molar-refractivity contribution in [1.29, 1.82) is 0 Å². The van der Waals surface area contributed by atoms with Gasteiger partial charge in [-0.05, 0) is 96.6 Å². The van der Waals surface area contributed by atoms with Crippen LogP contribution in [0.1, 0.15) is 113 Å². The fraction of sp³-hybridized carbons (Fsp3) is 0.455. The Morgan fingerprint density at radius 2 is 1.49 bits per heavy atom. The molecule has 0 radical (unpaired) electrons. The molecular formula is C55H64N8O6. The zero-order chi connectivity index (χ0) is 47.6. The van der Waals surface area contributed by atoms with E-state index in [0.29, 0.717) is 32.0 Å². The van der Waals surface area contributed by atoms with E-state index in [2.05, 4.69) is 75.2 Å². The number of likely N-dealkylation sites (tertiary alicyclic amines) is 2. The van der Waals surface area contributed by atoms with Gasteiger partial charge in [0.2, 0.25) is 17.7 Å². The van der Waals surface area contributed by atoms with Crippen molar-refractivity contribution >= 4 is 45.6 Å². The van der Waals surface area contributed by atoms with E-state index in [0.717, 1.165) is 93.7 Å². The molecule has 2 saturated carbocycles. The highest BCUT2D eigenvalue weighted by molar-refractivity contribution is 6.05. The van der Waals surface area contributed by atoms with Gasteiger partial charge in [-0.25, -0.2) is 14.8 Å². The van der Waals surface area contributed by atoms with Crippen LogP contribution in [0.3, 0.4) is 0 Å². The maximum atomic E-state index is 14.3. The Kier molecular flexibility index (Phi) is 13.5. The molecular weight excluding hydrogens is 869 g/mol. The van der Waals surface area contributed by atoms with Crippen LogP contribution in [-0.2, 0) is 23.9 Å². The molecule has 6 aromatic rings. The molecule has 2 aliphatic carbocycles. The highest BCUT2D eigenvalue weighted by Crippen LogP contribution is 2.39. The van der Waals surface area contributed by atoms with Crippen LogP contribution in [0.15, 0.2) is 91.1 Å². The summed E-state index contributed by atoms with van der Waals surface area (Å²) >= 11 is 0. The second kappa shape index (κ2) is 20.2. The van der Waals surface area contributed by atoms with E-state index in [4.69, 9.17) is 19.4 Å². The molecule has 4 heterocycles. The number of nitrogens with zero attached hydrogens (tertiary/aromatic N) is 4. The van der Waals surface area contributed by atoms with Crippen LogP contribution in [-0.4, -0.2) is 93.0 Å². The van der Waals surface area contributed by atoms with Crippen LogP contribution in [0.5, 0.6) is 0 Å². The second-order valence-electron chi connectivity index (χ2n) is 20.1. The highest BCUT2D eigenvalue weighted by Gasteiger charge is 2.42. The third-order valence-corrected chi connectivity index (χ3v) is 14.9. The van der Waals surface area contributed by atoms with Gasteiger partial charge < -0.3 is 39.9 Å². The van der Waals surface area contributed by atoms with E-state index in [1.54, 1.807) is 0 Å². The number of carbonyl (C=O) groups is 4. The van der Waals surface area contributed by atoms with Crippen LogP contribution in [0.4, 0.5) is 4.79 Å². The summed E-state index contributed by atoms with van der Waals surface area (Å²) in [5, 5.41) is 7.91. The molecule has 0 spiro atoms. The smallest absolute Gasteiger partial charge is 0.407 e. The van der Waals surface area contributed by atoms with E-state index < -0.39 is 18.2 Å². The summed E-state index contributed by atoms with van der Waals surface area (Å²) in [4.78, 5) is 74.6. The van der Waals surface area contributed by atoms with Gasteiger partial charge in [0.25, 0.3) is 0 Å². The SMILES string of the molecule is COC(=O)N[C@H](C(=O)N1C[C@@H](COCC2CCCCC2)C[C@H]1c1nc2c(ccc3cc(-c4ccc(-c5cnc([C@@H]6CCCN6C(=O)[C@H](NC(=O)C6CC6)c6ccccc6)[nH]5)cc4)ccc32)[nH]1)C(C)C. The Morgan fingerprint density at radius 3 is 2.25 bits per heavy atom. The highest BCUT2D eigenvalue weighted by atomic mass is 16.5. The first-order chi connectivity index (χ1) is 33.6. The average molecular weight is 933 g/mol. The number of hydrogen-bond acceptors (Lipinski definition) is 8. The number of fused-ring (bicyclic) bond motifs is 3. The monoisotopic (exact) mass is 932 g/mol. The van der Waals surface area contributed by atoms with Crippen LogP contribution in [0.2, 0.25) is 0 Å². The predicted octanol–water partition coefficient (Wildman–Crippen LogP) is 9.57. The zero-order valence-corrected chi connectivity index (χ0v) is 39.9. The lowest BCUT2D eigenvalue weighted by molar-refractivity contribution is -0.138. The number of benzene rings is 4. The quantitative estimate of drug-likeness (QED) is 0.0788. The minimum Gasteiger partial charge on any atom is -0.453 e. The standard InChI is InChI=1S/C55H64N8O6/c1-33(2)47(61-55(67)68-3)53(65)63-30-35(32-69-31-34-11-6-4-7-12-34)27-46(63)51-57-43-25-23-41-28-40(22-24-42(41)49(43)59-51)36-16-18-37(19-17-36)44-29-56-50(58-44)45-15-10-26-62(45)54(66)48(38-13-8-5-9-14-38)60-52(64)39-20-21-39/h5,8-9,13-14,16-19,22-25,28-29,33-35,39,45-48H,4,6-7,10-12,15,20-21,26-27,30-32H2,1-3H3,(H,56,58)(H,57,59)(H,60,64)(H,61,67)/t35-,45-,46-,47-,48+/m0/s1. The van der Waals surface area contributed by atoms with E-state index >= 15 is 0 Å². The first-order valence-corrected chi connectivity index (χ1v) is 25.1. The maximum absolute atomic E-state index is 14.3. The van der Waals surface area contributed by atoms with Gasteiger partial charge in [0.15, 0.2) is 0 Å². The summed E-state index contributed by atoms with van der Waals surface area (Å²) in [5.41, 5.74) is 6.51. The minimum atomic E-state index is -0.747. The molecule has 10 rings (SSSR count). The third kappa shape index (κ3) is 9.99. The van der Waals surface area contributed by atoms with Crippen molar-refractivity contribution in [3.05, 3.63) is 108 Å². The number of rotatable bonds is 15. The largest absolute Gasteiger partial charge is 0.453 e.